The van der Waals surface area contributed by atoms with Crippen molar-refractivity contribution in [3.63, 3.8) is 0 Å². The van der Waals surface area contributed by atoms with Gasteiger partial charge in [-0.2, -0.15) is 0 Å². The first kappa shape index (κ1) is 12.6. The predicted molar refractivity (Wildman–Crippen MR) is 54.7 cm³/mol. The number of ether oxygens (including phenoxy) is 1. The Labute approximate surface area is 81.7 Å². The molecule has 0 saturated carbocycles. The zero-order chi connectivity index (χ0) is 10.3. The van der Waals surface area contributed by atoms with Crippen molar-refractivity contribution in [3.05, 3.63) is 0 Å². The summed E-state index contributed by atoms with van der Waals surface area (Å²) in [7, 11) is 0. The molecule has 0 unspecified atom stereocenters. The molecular formula is C11H22O2. The summed E-state index contributed by atoms with van der Waals surface area (Å²) in [4.78, 5) is 10.2. The summed E-state index contributed by atoms with van der Waals surface area (Å²) >= 11 is 0. The maximum atomic E-state index is 10.2. The fraction of sp³-hybridized carbons (Fsp3) is 0.909. The molecule has 13 heavy (non-hydrogen) atoms. The summed E-state index contributed by atoms with van der Waals surface area (Å²) in [5, 5.41) is 0. The van der Waals surface area contributed by atoms with E-state index in [9.17, 15) is 4.79 Å². The zero-order valence-electron chi connectivity index (χ0n) is 9.25. The van der Waals surface area contributed by atoms with E-state index in [2.05, 4.69) is 27.7 Å². The van der Waals surface area contributed by atoms with Crippen LogP contribution in [0.2, 0.25) is 0 Å². The van der Waals surface area contributed by atoms with E-state index in [1.54, 1.807) is 0 Å². The van der Waals surface area contributed by atoms with Gasteiger partial charge in [0.25, 0.3) is 0 Å². The maximum Gasteiger partial charge on any atom is 0.145 e. The van der Waals surface area contributed by atoms with Gasteiger partial charge in [-0.05, 0) is 24.7 Å². The topological polar surface area (TPSA) is 26.3 Å². The van der Waals surface area contributed by atoms with Gasteiger partial charge in [0, 0.05) is 0 Å². The molecule has 0 aliphatic heterocycles. The van der Waals surface area contributed by atoms with Crippen molar-refractivity contribution < 1.29 is 9.53 Å². The molecule has 0 aliphatic rings. The summed E-state index contributed by atoms with van der Waals surface area (Å²) < 4.78 is 5.44. The van der Waals surface area contributed by atoms with Gasteiger partial charge >= 0.3 is 0 Å². The van der Waals surface area contributed by atoms with Crippen LogP contribution in [-0.2, 0) is 9.53 Å². The molecule has 0 aliphatic carbocycles. The minimum Gasteiger partial charge on any atom is -0.371 e. The highest BCUT2D eigenvalue weighted by molar-refractivity contribution is 5.50. The Hall–Kier alpha value is -0.370. The highest BCUT2D eigenvalue weighted by Crippen LogP contribution is 2.16. The fourth-order valence-electron chi connectivity index (χ4n) is 1.46. The molecule has 0 saturated heterocycles. The number of rotatable bonds is 7. The van der Waals surface area contributed by atoms with E-state index in [-0.39, 0.29) is 12.7 Å². The second-order valence-electron chi connectivity index (χ2n) is 4.38. The number of aldehydes is 1. The van der Waals surface area contributed by atoms with Crippen LogP contribution in [0.1, 0.15) is 40.5 Å². The number of carbonyl (C=O) groups is 1. The summed E-state index contributed by atoms with van der Waals surface area (Å²) in [6.07, 6.45) is 3.18. The normalized spacial score (nSPS) is 11.6. The SMILES string of the molecule is CC(C)CC(CC(C)C)OCC=O. The monoisotopic (exact) mass is 186 g/mol. The largest absolute Gasteiger partial charge is 0.371 e. The average Bonchev–Trinajstić information content (AvgIpc) is 1.98. The van der Waals surface area contributed by atoms with E-state index in [1.165, 1.54) is 0 Å². The molecule has 78 valence electrons. The van der Waals surface area contributed by atoms with E-state index in [0.717, 1.165) is 19.1 Å². The van der Waals surface area contributed by atoms with Gasteiger partial charge < -0.3 is 9.53 Å². The van der Waals surface area contributed by atoms with Crippen molar-refractivity contribution in [3.8, 4) is 0 Å². The van der Waals surface area contributed by atoms with Gasteiger partial charge in [-0.15, -0.1) is 0 Å². The number of carbonyl (C=O) groups excluding carboxylic acids is 1. The average molecular weight is 186 g/mol. The van der Waals surface area contributed by atoms with Crippen molar-refractivity contribution in [2.24, 2.45) is 11.8 Å². The summed E-state index contributed by atoms with van der Waals surface area (Å²) in [5.74, 6) is 1.27. The Morgan fingerprint density at radius 1 is 1.08 bits per heavy atom. The molecule has 0 aromatic rings. The van der Waals surface area contributed by atoms with Crippen LogP contribution in [0.15, 0.2) is 0 Å². The lowest BCUT2D eigenvalue weighted by molar-refractivity contribution is -0.114. The Bertz CT molecular complexity index is 120. The second kappa shape index (κ2) is 7.07. The van der Waals surface area contributed by atoms with Crippen LogP contribution in [0, 0.1) is 11.8 Å². The Morgan fingerprint density at radius 3 is 1.85 bits per heavy atom. The van der Waals surface area contributed by atoms with Gasteiger partial charge in [-0.25, -0.2) is 0 Å². The van der Waals surface area contributed by atoms with Crippen molar-refractivity contribution >= 4 is 6.29 Å². The quantitative estimate of drug-likeness (QED) is 0.571. The van der Waals surface area contributed by atoms with Crippen LogP contribution in [-0.4, -0.2) is 19.0 Å². The van der Waals surface area contributed by atoms with Gasteiger partial charge in [0.05, 0.1) is 6.10 Å². The van der Waals surface area contributed by atoms with Gasteiger partial charge in [-0.1, -0.05) is 27.7 Å². The molecule has 0 aromatic carbocycles. The minimum atomic E-state index is 0.240. The van der Waals surface area contributed by atoms with E-state index in [4.69, 9.17) is 4.74 Å². The Morgan fingerprint density at radius 2 is 1.54 bits per heavy atom. The molecule has 2 nitrogen and oxygen atoms in total. The third-order valence-electron chi connectivity index (χ3n) is 1.87. The fourth-order valence-corrected chi connectivity index (χ4v) is 1.46. The number of hydrogen-bond acceptors (Lipinski definition) is 2. The molecule has 0 atom stereocenters. The first-order chi connectivity index (χ1) is 6.06. The molecule has 0 heterocycles. The molecular weight excluding hydrogens is 164 g/mol. The van der Waals surface area contributed by atoms with Gasteiger partial charge in [0.2, 0.25) is 0 Å². The Kier molecular flexibility index (Phi) is 6.87. The standard InChI is InChI=1S/C11H22O2/c1-9(2)7-11(8-10(3)4)13-6-5-12/h5,9-11H,6-8H2,1-4H3. The summed E-state index contributed by atoms with van der Waals surface area (Å²) in [6, 6.07) is 0. The van der Waals surface area contributed by atoms with Crippen LogP contribution < -0.4 is 0 Å². The second-order valence-corrected chi connectivity index (χ2v) is 4.38. The molecule has 0 amide bonds. The lowest BCUT2D eigenvalue weighted by Crippen LogP contribution is -2.19. The highest BCUT2D eigenvalue weighted by Gasteiger charge is 2.12. The van der Waals surface area contributed by atoms with Crippen molar-refractivity contribution in [2.45, 2.75) is 46.6 Å². The van der Waals surface area contributed by atoms with E-state index in [0.29, 0.717) is 11.8 Å². The van der Waals surface area contributed by atoms with Crippen LogP contribution in [0.25, 0.3) is 0 Å². The molecule has 0 rings (SSSR count). The lowest BCUT2D eigenvalue weighted by Gasteiger charge is -2.20. The first-order valence-electron chi connectivity index (χ1n) is 5.11. The molecule has 0 spiro atoms. The number of hydrogen-bond donors (Lipinski definition) is 0. The van der Waals surface area contributed by atoms with Crippen LogP contribution >= 0.6 is 0 Å². The zero-order valence-corrected chi connectivity index (χ0v) is 9.25. The van der Waals surface area contributed by atoms with Crippen molar-refractivity contribution in [1.29, 1.82) is 0 Å². The molecule has 0 bridgehead atoms. The van der Waals surface area contributed by atoms with Gasteiger partial charge in [0.1, 0.15) is 12.9 Å². The third-order valence-corrected chi connectivity index (χ3v) is 1.87. The van der Waals surface area contributed by atoms with Crippen LogP contribution in [0.4, 0.5) is 0 Å². The van der Waals surface area contributed by atoms with E-state index in [1.807, 2.05) is 0 Å². The summed E-state index contributed by atoms with van der Waals surface area (Å²) in [5.41, 5.74) is 0. The smallest absolute Gasteiger partial charge is 0.145 e. The molecule has 0 radical (unpaired) electrons. The van der Waals surface area contributed by atoms with Gasteiger partial charge in [0.15, 0.2) is 0 Å². The molecule has 0 N–H and O–H groups in total. The minimum absolute atomic E-state index is 0.240. The molecule has 0 aromatic heterocycles. The van der Waals surface area contributed by atoms with Crippen molar-refractivity contribution in [1.82, 2.24) is 0 Å². The summed E-state index contributed by atoms with van der Waals surface area (Å²) in [6.45, 7) is 8.95. The lowest BCUT2D eigenvalue weighted by atomic mass is 9.98. The third kappa shape index (κ3) is 7.97. The van der Waals surface area contributed by atoms with E-state index >= 15 is 0 Å². The maximum absolute atomic E-state index is 10.2. The van der Waals surface area contributed by atoms with Crippen molar-refractivity contribution in [2.75, 3.05) is 6.61 Å². The Balaban J connectivity index is 3.79. The first-order valence-corrected chi connectivity index (χ1v) is 5.11. The highest BCUT2D eigenvalue weighted by atomic mass is 16.5. The predicted octanol–water partition coefficient (Wildman–Crippen LogP) is 2.66. The van der Waals surface area contributed by atoms with Crippen LogP contribution in [0.3, 0.4) is 0 Å². The van der Waals surface area contributed by atoms with E-state index < -0.39 is 0 Å². The molecule has 2 heteroatoms. The van der Waals surface area contributed by atoms with Crippen LogP contribution in [0.5, 0.6) is 0 Å². The van der Waals surface area contributed by atoms with Gasteiger partial charge in [-0.3, -0.25) is 0 Å². The molecule has 0 fully saturated rings.